The molecule has 0 radical (unpaired) electrons. The fraction of sp³-hybridized carbons (Fsp3) is 0. The number of nitrogens with zero attached hydrogens (tertiary/aromatic N) is 5. The first-order chi connectivity index (χ1) is 46.6. The number of hydrogen-bond acceptors (Lipinski definition) is 5. The van der Waals surface area contributed by atoms with E-state index in [-0.39, 0.29) is 0 Å². The van der Waals surface area contributed by atoms with Crippen molar-refractivity contribution in [2.75, 3.05) is 0 Å². The molecule has 0 unspecified atom stereocenters. The predicted molar refractivity (Wildman–Crippen MR) is 386 cm³/mol. The van der Waals surface area contributed by atoms with Crippen molar-refractivity contribution in [3.05, 3.63) is 297 Å². The highest BCUT2D eigenvalue weighted by Gasteiger charge is 2.24. The van der Waals surface area contributed by atoms with Crippen molar-refractivity contribution in [2.45, 2.75) is 0 Å². The number of fused-ring (bicyclic) bond motifs is 19. The highest BCUT2D eigenvalue weighted by Crippen LogP contribution is 2.44. The molecule has 0 aliphatic rings. The molecule has 7 heterocycles. The maximum atomic E-state index is 6.47. The smallest absolute Gasteiger partial charge is 0.164 e. The van der Waals surface area contributed by atoms with Gasteiger partial charge in [-0.2, -0.15) is 0 Å². The van der Waals surface area contributed by atoms with E-state index in [9.17, 15) is 0 Å². The molecule has 8 heteroatoms. The third kappa shape index (κ3) is 7.44. The molecule has 436 valence electrons. The van der Waals surface area contributed by atoms with Crippen LogP contribution in [-0.4, -0.2) is 23.7 Å². The standard InChI is InChI=1S/C86H49N5O3/c1-2-16-57-56(15-1)70(41-42-74(57)89-71-23-9-3-17-58(71)61-35-29-50(43-75(61)89)53-32-38-67-64-20-6-12-26-78(64)92-81(67)46-53)86-87-84(90-72-24-10-4-18-59(72)62-36-30-51(44-76(62)90)54-33-39-68-65-21-7-13-27-79(65)93-82(68)47-54)49-85(88-86)91-73-25-11-5-19-60(73)63-37-31-52(45-77(63)91)55-34-40-69-66-22-8-14-28-80(66)94-83(69)48-55/h1-49H. The first-order valence-electron chi connectivity index (χ1n) is 31.8. The molecule has 0 aliphatic carbocycles. The van der Waals surface area contributed by atoms with Crippen LogP contribution in [0.5, 0.6) is 0 Å². The van der Waals surface area contributed by atoms with Crippen LogP contribution in [0.2, 0.25) is 0 Å². The molecule has 0 spiro atoms. The van der Waals surface area contributed by atoms with Gasteiger partial charge in [0, 0.05) is 81.7 Å². The third-order valence-corrected chi connectivity index (χ3v) is 19.7. The molecule has 14 aromatic carbocycles. The maximum Gasteiger partial charge on any atom is 0.164 e. The Kier molecular flexibility index (Phi) is 10.5. The number of aromatic nitrogens is 5. The number of furan rings is 3. The number of hydrogen-bond donors (Lipinski definition) is 0. The normalized spacial score (nSPS) is 12.3. The second-order valence-corrected chi connectivity index (χ2v) is 24.8. The van der Waals surface area contributed by atoms with Gasteiger partial charge in [-0.1, -0.05) is 188 Å². The molecule has 0 fully saturated rings. The molecule has 21 rings (SSSR count). The average Bonchev–Trinajstić information content (AvgIpc) is 1.53. The topological polar surface area (TPSA) is 80.0 Å². The van der Waals surface area contributed by atoms with Crippen molar-refractivity contribution in [1.82, 2.24) is 23.7 Å². The summed E-state index contributed by atoms with van der Waals surface area (Å²) in [7, 11) is 0. The van der Waals surface area contributed by atoms with E-state index in [1.165, 1.54) is 10.8 Å². The lowest BCUT2D eigenvalue weighted by Crippen LogP contribution is -2.07. The Balaban J connectivity index is 0.796. The van der Waals surface area contributed by atoms with E-state index in [0.717, 1.165) is 188 Å². The highest BCUT2D eigenvalue weighted by molar-refractivity contribution is 6.16. The van der Waals surface area contributed by atoms with Gasteiger partial charge in [-0.05, 0) is 142 Å². The van der Waals surface area contributed by atoms with E-state index in [1.54, 1.807) is 0 Å². The summed E-state index contributed by atoms with van der Waals surface area (Å²) in [6, 6.07) is 106. The van der Waals surface area contributed by atoms with Crippen molar-refractivity contribution in [3.63, 3.8) is 0 Å². The zero-order valence-corrected chi connectivity index (χ0v) is 50.3. The van der Waals surface area contributed by atoms with E-state index in [2.05, 4.69) is 275 Å². The average molecular weight is 1200 g/mol. The molecule has 0 saturated carbocycles. The Morgan fingerprint density at radius 1 is 0.202 bits per heavy atom. The van der Waals surface area contributed by atoms with Gasteiger partial charge in [0.05, 0.1) is 38.8 Å². The summed E-state index contributed by atoms with van der Waals surface area (Å²) >= 11 is 0. The van der Waals surface area contributed by atoms with Crippen LogP contribution in [0, 0.1) is 0 Å². The highest BCUT2D eigenvalue weighted by atomic mass is 16.3. The first-order valence-corrected chi connectivity index (χ1v) is 31.8. The van der Waals surface area contributed by atoms with Crippen LogP contribution in [0.3, 0.4) is 0 Å². The summed E-state index contributed by atoms with van der Waals surface area (Å²) in [5.74, 6) is 2.06. The molecular weight excluding hydrogens is 1150 g/mol. The lowest BCUT2D eigenvalue weighted by atomic mass is 10.0. The molecule has 0 atom stereocenters. The van der Waals surface area contributed by atoms with Crippen LogP contribution in [0.25, 0.3) is 204 Å². The summed E-state index contributed by atoms with van der Waals surface area (Å²) in [6.07, 6.45) is 0. The summed E-state index contributed by atoms with van der Waals surface area (Å²) in [5, 5.41) is 15.6. The van der Waals surface area contributed by atoms with Gasteiger partial charge in [0.1, 0.15) is 45.1 Å². The Morgan fingerprint density at radius 2 is 0.500 bits per heavy atom. The van der Waals surface area contributed by atoms with Crippen molar-refractivity contribution in [1.29, 1.82) is 0 Å². The fourth-order valence-corrected chi connectivity index (χ4v) is 15.4. The van der Waals surface area contributed by atoms with Crippen molar-refractivity contribution >= 4 is 142 Å². The van der Waals surface area contributed by atoms with Gasteiger partial charge in [-0.25, -0.2) is 9.97 Å². The molecule has 0 N–H and O–H groups in total. The zero-order chi connectivity index (χ0) is 61.3. The molecular formula is C86H49N5O3. The summed E-state index contributed by atoms with van der Waals surface area (Å²) < 4.78 is 26.5. The third-order valence-electron chi connectivity index (χ3n) is 19.7. The Hall–Kier alpha value is -12.8. The minimum absolute atomic E-state index is 0.593. The van der Waals surface area contributed by atoms with Crippen LogP contribution in [0.4, 0.5) is 0 Å². The Labute approximate surface area is 535 Å². The Bertz CT molecular complexity index is 6580. The van der Waals surface area contributed by atoms with Gasteiger partial charge >= 0.3 is 0 Å². The summed E-state index contributed by atoms with van der Waals surface area (Å²) in [6.45, 7) is 0. The SMILES string of the molecule is c1ccc2c(c1)oc1cc(-c3ccc4c5ccccc5n(-c5cc(-n6c7ccccc7c7ccc(-c8ccc9c(c8)oc8ccccc89)cc76)nc(-c6ccc(-n7c8ccccc8c8ccc(-c9ccc%10c(c9)oc9ccccc9%10)cc87)c7ccccc67)n5)c4c3)ccc12. The monoisotopic (exact) mass is 1200 g/mol. The number of para-hydroxylation sites is 6. The quantitative estimate of drug-likeness (QED) is 0.159. The molecule has 94 heavy (non-hydrogen) atoms. The van der Waals surface area contributed by atoms with Crippen LogP contribution in [-0.2, 0) is 0 Å². The van der Waals surface area contributed by atoms with Crippen molar-refractivity contribution in [3.8, 4) is 62.1 Å². The second-order valence-electron chi connectivity index (χ2n) is 24.8. The largest absolute Gasteiger partial charge is 0.456 e. The molecule has 0 saturated heterocycles. The van der Waals surface area contributed by atoms with E-state index in [4.69, 9.17) is 23.2 Å². The van der Waals surface area contributed by atoms with E-state index in [1.807, 2.05) is 36.4 Å². The van der Waals surface area contributed by atoms with E-state index < -0.39 is 0 Å². The zero-order valence-electron chi connectivity index (χ0n) is 50.3. The molecule has 0 aliphatic heterocycles. The van der Waals surface area contributed by atoms with Gasteiger partial charge in [-0.15, -0.1) is 0 Å². The molecule has 8 nitrogen and oxygen atoms in total. The minimum atomic E-state index is 0.593. The van der Waals surface area contributed by atoms with Crippen molar-refractivity contribution in [2.24, 2.45) is 0 Å². The predicted octanol–water partition coefficient (Wildman–Crippen LogP) is 23.3. The minimum Gasteiger partial charge on any atom is -0.456 e. The summed E-state index contributed by atoms with van der Waals surface area (Å²) in [5.41, 5.74) is 20.0. The fourth-order valence-electron chi connectivity index (χ4n) is 15.4. The molecule has 7 aromatic heterocycles. The lowest BCUT2D eigenvalue weighted by Gasteiger charge is -2.17. The van der Waals surface area contributed by atoms with Gasteiger partial charge in [0.15, 0.2) is 5.82 Å². The van der Waals surface area contributed by atoms with Gasteiger partial charge in [-0.3, -0.25) is 9.13 Å². The first kappa shape index (κ1) is 51.0. The van der Waals surface area contributed by atoms with Crippen LogP contribution < -0.4 is 0 Å². The van der Waals surface area contributed by atoms with Crippen LogP contribution in [0.15, 0.2) is 311 Å². The van der Waals surface area contributed by atoms with Crippen LogP contribution in [0.1, 0.15) is 0 Å². The number of benzene rings is 14. The molecule has 0 bridgehead atoms. The van der Waals surface area contributed by atoms with E-state index in [0.29, 0.717) is 5.82 Å². The van der Waals surface area contributed by atoms with Crippen LogP contribution >= 0.6 is 0 Å². The van der Waals surface area contributed by atoms with E-state index >= 15 is 0 Å². The Morgan fingerprint density at radius 3 is 0.915 bits per heavy atom. The lowest BCUT2D eigenvalue weighted by molar-refractivity contribution is 0.668. The van der Waals surface area contributed by atoms with Gasteiger partial charge in [0.2, 0.25) is 0 Å². The van der Waals surface area contributed by atoms with Crippen molar-refractivity contribution < 1.29 is 13.3 Å². The maximum absolute atomic E-state index is 6.47. The molecule has 0 amide bonds. The van der Waals surface area contributed by atoms with Gasteiger partial charge in [0.25, 0.3) is 0 Å². The number of rotatable bonds is 7. The second kappa shape index (κ2) is 19.4. The molecule has 21 aromatic rings. The van der Waals surface area contributed by atoms with Gasteiger partial charge < -0.3 is 17.8 Å². The summed E-state index contributed by atoms with van der Waals surface area (Å²) in [4.78, 5) is 11.6.